The van der Waals surface area contributed by atoms with Gasteiger partial charge in [-0.1, -0.05) is 0 Å². The van der Waals surface area contributed by atoms with Gasteiger partial charge < -0.3 is 19.9 Å². The molecule has 3 heterocycles. The van der Waals surface area contributed by atoms with Crippen LogP contribution < -0.4 is 9.80 Å². The minimum absolute atomic E-state index is 0.161. The van der Waals surface area contributed by atoms with E-state index < -0.39 is 4.92 Å². The van der Waals surface area contributed by atoms with E-state index in [0.29, 0.717) is 5.82 Å². The molecule has 0 unspecified atom stereocenters. The van der Waals surface area contributed by atoms with Crippen LogP contribution in [0.3, 0.4) is 0 Å². The Bertz CT molecular complexity index is 673. The topological polar surface area (TPSA) is 75.4 Å². The van der Waals surface area contributed by atoms with Crippen molar-refractivity contribution in [2.45, 2.75) is 0 Å². The largest absolute Gasteiger partial charge is 0.366 e. The highest BCUT2D eigenvalue weighted by Gasteiger charge is 2.30. The quantitative estimate of drug-likeness (QED) is 0.576. The zero-order valence-corrected chi connectivity index (χ0v) is 10.4. The predicted octanol–water partition coefficient (Wildman–Crippen LogP) is 2.23. The second-order valence-corrected chi connectivity index (χ2v) is 4.23. The smallest absolute Gasteiger partial charge is 0.358 e. The lowest BCUT2D eigenvalue weighted by Gasteiger charge is -2.31. The standard InChI is InChI=1S/C12H11N5O2/c1-15-9-5-6-10(17(18)19)14-12(9)16(2)8-4-3-7-13-11(8)15/h3-7H,1-2H3. The van der Waals surface area contributed by atoms with E-state index in [4.69, 9.17) is 0 Å². The maximum atomic E-state index is 10.8. The first-order valence-corrected chi connectivity index (χ1v) is 5.67. The number of anilines is 4. The summed E-state index contributed by atoms with van der Waals surface area (Å²) in [6, 6.07) is 6.82. The van der Waals surface area contributed by atoms with Crippen molar-refractivity contribution in [3.8, 4) is 0 Å². The van der Waals surface area contributed by atoms with E-state index in [1.807, 2.05) is 36.0 Å². The van der Waals surface area contributed by atoms with Gasteiger partial charge in [0, 0.05) is 26.4 Å². The molecular formula is C12H11N5O2. The molecule has 0 N–H and O–H groups in total. The number of pyridine rings is 2. The van der Waals surface area contributed by atoms with Crippen LogP contribution in [0.4, 0.5) is 28.8 Å². The number of hydrogen-bond donors (Lipinski definition) is 0. The monoisotopic (exact) mass is 257 g/mol. The van der Waals surface area contributed by atoms with Crippen LogP contribution in [0.1, 0.15) is 0 Å². The van der Waals surface area contributed by atoms with Crippen molar-refractivity contribution >= 4 is 28.8 Å². The van der Waals surface area contributed by atoms with Gasteiger partial charge in [0.2, 0.25) is 0 Å². The third-order valence-corrected chi connectivity index (χ3v) is 3.15. The van der Waals surface area contributed by atoms with E-state index in [1.165, 1.54) is 6.07 Å². The van der Waals surface area contributed by atoms with Crippen molar-refractivity contribution in [1.29, 1.82) is 0 Å². The van der Waals surface area contributed by atoms with Gasteiger partial charge in [0.25, 0.3) is 5.82 Å². The molecule has 0 saturated heterocycles. The number of fused-ring (bicyclic) bond motifs is 2. The van der Waals surface area contributed by atoms with Crippen LogP contribution >= 0.6 is 0 Å². The lowest BCUT2D eigenvalue weighted by atomic mass is 10.2. The molecule has 0 aromatic carbocycles. The molecule has 2 aromatic rings. The van der Waals surface area contributed by atoms with E-state index in [0.717, 1.165) is 17.2 Å². The lowest BCUT2D eigenvalue weighted by molar-refractivity contribution is -0.389. The molecule has 3 rings (SSSR count). The predicted molar refractivity (Wildman–Crippen MR) is 71.3 cm³/mol. The molecule has 0 bridgehead atoms. The fourth-order valence-corrected chi connectivity index (χ4v) is 2.18. The van der Waals surface area contributed by atoms with Crippen molar-refractivity contribution in [2.24, 2.45) is 0 Å². The van der Waals surface area contributed by atoms with Crippen LogP contribution in [0.15, 0.2) is 30.5 Å². The maximum Gasteiger partial charge on any atom is 0.366 e. The second kappa shape index (κ2) is 3.91. The molecule has 0 aliphatic carbocycles. The van der Waals surface area contributed by atoms with Crippen LogP contribution in [-0.2, 0) is 0 Å². The van der Waals surface area contributed by atoms with Gasteiger partial charge in [0.05, 0.1) is 5.69 Å². The van der Waals surface area contributed by atoms with Crippen LogP contribution in [0, 0.1) is 10.1 Å². The molecule has 0 saturated carbocycles. The van der Waals surface area contributed by atoms with Gasteiger partial charge in [0.15, 0.2) is 5.82 Å². The summed E-state index contributed by atoms with van der Waals surface area (Å²) in [6.07, 6.45) is 1.72. The number of aromatic nitrogens is 2. The van der Waals surface area contributed by atoms with Crippen molar-refractivity contribution in [1.82, 2.24) is 9.97 Å². The molecule has 0 atom stereocenters. The Morgan fingerprint density at radius 1 is 1.11 bits per heavy atom. The number of hydrogen-bond acceptors (Lipinski definition) is 6. The Morgan fingerprint density at radius 3 is 2.53 bits per heavy atom. The zero-order chi connectivity index (χ0) is 13.6. The number of nitrogens with zero attached hydrogens (tertiary/aromatic N) is 5. The summed E-state index contributed by atoms with van der Waals surface area (Å²) >= 11 is 0. The lowest BCUT2D eigenvalue weighted by Crippen LogP contribution is -2.26. The van der Waals surface area contributed by atoms with Gasteiger partial charge in [-0.3, -0.25) is 0 Å². The minimum atomic E-state index is -0.493. The van der Waals surface area contributed by atoms with Gasteiger partial charge in [-0.15, -0.1) is 0 Å². The Kier molecular flexibility index (Phi) is 2.34. The fourth-order valence-electron chi connectivity index (χ4n) is 2.18. The number of rotatable bonds is 1. The average Bonchev–Trinajstić information content (AvgIpc) is 2.44. The normalized spacial score (nSPS) is 12.9. The average molecular weight is 257 g/mol. The van der Waals surface area contributed by atoms with Crippen LogP contribution in [0.2, 0.25) is 0 Å². The summed E-state index contributed by atoms with van der Waals surface area (Å²) in [5, 5.41) is 10.8. The van der Waals surface area contributed by atoms with E-state index in [2.05, 4.69) is 9.97 Å². The molecular weight excluding hydrogens is 246 g/mol. The summed E-state index contributed by atoms with van der Waals surface area (Å²) < 4.78 is 0. The molecule has 0 amide bonds. The van der Waals surface area contributed by atoms with Crippen LogP contribution in [0.25, 0.3) is 0 Å². The highest BCUT2D eigenvalue weighted by atomic mass is 16.6. The van der Waals surface area contributed by atoms with Gasteiger partial charge in [-0.25, -0.2) is 4.98 Å². The highest BCUT2D eigenvalue weighted by molar-refractivity contribution is 5.89. The Hall–Kier alpha value is -2.70. The second-order valence-electron chi connectivity index (χ2n) is 4.23. The summed E-state index contributed by atoms with van der Waals surface area (Å²) in [4.78, 5) is 22.4. The number of nitro groups is 1. The highest BCUT2D eigenvalue weighted by Crippen LogP contribution is 2.44. The van der Waals surface area contributed by atoms with Crippen molar-refractivity contribution in [2.75, 3.05) is 23.9 Å². The molecule has 1 aliphatic rings. The summed E-state index contributed by atoms with van der Waals surface area (Å²) in [5.41, 5.74) is 1.66. The molecule has 0 fully saturated rings. The molecule has 2 aromatic heterocycles. The molecule has 0 radical (unpaired) electrons. The van der Waals surface area contributed by atoms with E-state index in [1.54, 1.807) is 12.3 Å². The molecule has 7 nitrogen and oxygen atoms in total. The van der Waals surface area contributed by atoms with Crippen molar-refractivity contribution in [3.63, 3.8) is 0 Å². The molecule has 7 heteroatoms. The summed E-state index contributed by atoms with van der Waals surface area (Å²) in [7, 11) is 3.69. The molecule has 19 heavy (non-hydrogen) atoms. The van der Waals surface area contributed by atoms with Crippen LogP contribution in [-0.4, -0.2) is 29.0 Å². The van der Waals surface area contributed by atoms with Gasteiger partial charge in [-0.05, 0) is 28.1 Å². The third-order valence-electron chi connectivity index (χ3n) is 3.15. The minimum Gasteiger partial charge on any atom is -0.358 e. The van der Waals surface area contributed by atoms with Crippen molar-refractivity contribution < 1.29 is 4.92 Å². The summed E-state index contributed by atoms with van der Waals surface area (Å²) in [5.74, 6) is 1.19. The third kappa shape index (κ3) is 1.59. The zero-order valence-electron chi connectivity index (χ0n) is 10.4. The molecule has 96 valence electrons. The first kappa shape index (κ1) is 11.4. The Labute approximate surface area is 109 Å². The summed E-state index contributed by atoms with van der Waals surface area (Å²) in [6.45, 7) is 0. The van der Waals surface area contributed by atoms with E-state index in [-0.39, 0.29) is 5.82 Å². The van der Waals surface area contributed by atoms with Gasteiger partial charge in [0.1, 0.15) is 5.69 Å². The first-order chi connectivity index (χ1) is 9.09. The van der Waals surface area contributed by atoms with E-state index in [9.17, 15) is 10.1 Å². The maximum absolute atomic E-state index is 10.8. The van der Waals surface area contributed by atoms with Crippen LogP contribution in [0.5, 0.6) is 0 Å². The fraction of sp³-hybridized carbons (Fsp3) is 0.167. The SMILES string of the molecule is CN1c2ccc([N+](=O)[O-])nc2N(C)c2cccnc21. The molecule has 0 spiro atoms. The van der Waals surface area contributed by atoms with Gasteiger partial charge >= 0.3 is 5.82 Å². The Morgan fingerprint density at radius 2 is 1.79 bits per heavy atom. The molecule has 1 aliphatic heterocycles. The first-order valence-electron chi connectivity index (χ1n) is 5.67. The van der Waals surface area contributed by atoms with Crippen molar-refractivity contribution in [3.05, 3.63) is 40.6 Å². The Balaban J connectivity index is 2.21. The van der Waals surface area contributed by atoms with E-state index >= 15 is 0 Å². The van der Waals surface area contributed by atoms with Gasteiger partial charge in [-0.2, -0.15) is 0 Å².